The van der Waals surface area contributed by atoms with Crippen LogP contribution in [-0.2, 0) is 19.1 Å². The van der Waals surface area contributed by atoms with Crippen molar-refractivity contribution in [3.05, 3.63) is 88.5 Å². The quantitative estimate of drug-likeness (QED) is 0.756. The number of aromatic nitrogens is 2. The van der Waals surface area contributed by atoms with Crippen LogP contribution in [0.1, 0.15) is 47.1 Å². The first-order valence-corrected chi connectivity index (χ1v) is 8.85. The van der Waals surface area contributed by atoms with E-state index < -0.39 is 5.60 Å². The molecule has 1 N–H and O–H groups in total. The van der Waals surface area contributed by atoms with Gasteiger partial charge in [-0.05, 0) is 37.0 Å². The van der Waals surface area contributed by atoms with Crippen LogP contribution in [0.4, 0.5) is 0 Å². The lowest BCUT2D eigenvalue weighted by Crippen LogP contribution is -2.32. The molecule has 0 saturated carbocycles. The van der Waals surface area contributed by atoms with Gasteiger partial charge in [-0.1, -0.05) is 61.0 Å². The first kappa shape index (κ1) is 17.4. The number of hydrogen-bond donors (Lipinski definition) is 1. The monoisotopic (exact) mass is 334 g/mol. The van der Waals surface area contributed by atoms with Crippen molar-refractivity contribution in [2.45, 2.75) is 39.2 Å². The second kappa shape index (κ2) is 6.85. The van der Waals surface area contributed by atoms with Crippen LogP contribution in [0.5, 0.6) is 0 Å². The fourth-order valence-electron chi connectivity index (χ4n) is 3.49. The number of imidazole rings is 1. The summed E-state index contributed by atoms with van der Waals surface area (Å²) < 4.78 is 2.04. The van der Waals surface area contributed by atoms with Gasteiger partial charge in [0.2, 0.25) is 0 Å². The van der Waals surface area contributed by atoms with Gasteiger partial charge >= 0.3 is 0 Å². The van der Waals surface area contributed by atoms with E-state index in [4.69, 9.17) is 0 Å². The molecule has 0 unspecified atom stereocenters. The van der Waals surface area contributed by atoms with Gasteiger partial charge in [0, 0.05) is 13.5 Å². The van der Waals surface area contributed by atoms with Crippen molar-refractivity contribution in [1.82, 2.24) is 9.55 Å². The van der Waals surface area contributed by atoms with E-state index in [2.05, 4.69) is 37.0 Å². The Hall–Kier alpha value is -2.39. The Morgan fingerprint density at radius 3 is 2.48 bits per heavy atom. The maximum Gasteiger partial charge on any atom is 0.157 e. The summed E-state index contributed by atoms with van der Waals surface area (Å²) in [7, 11) is 1.99. The molecule has 0 saturated heterocycles. The second-order valence-corrected chi connectivity index (χ2v) is 6.76. The van der Waals surface area contributed by atoms with Crippen LogP contribution in [0.15, 0.2) is 54.7 Å². The fourth-order valence-corrected chi connectivity index (χ4v) is 3.49. The molecule has 0 bridgehead atoms. The van der Waals surface area contributed by atoms with Crippen molar-refractivity contribution in [1.29, 1.82) is 0 Å². The standard InChI is InChI=1S/C22H26N2O/c1-5-9-21-23-15-20(24(21)4)22(25,18-10-7-6-8-11-18)19-14-16(2)12-13-17(19)3/h6-8,10-15,25H,5,9H2,1-4H3/t22-/m0/s1. The summed E-state index contributed by atoms with van der Waals surface area (Å²) in [6, 6.07) is 16.1. The normalized spacial score (nSPS) is 13.6. The van der Waals surface area contributed by atoms with Gasteiger partial charge in [-0.2, -0.15) is 0 Å². The number of hydrogen-bond acceptors (Lipinski definition) is 2. The van der Waals surface area contributed by atoms with E-state index in [0.29, 0.717) is 0 Å². The van der Waals surface area contributed by atoms with Crippen molar-refractivity contribution in [3.8, 4) is 0 Å². The Labute approximate surface area is 150 Å². The predicted molar refractivity (Wildman–Crippen MR) is 102 cm³/mol. The van der Waals surface area contributed by atoms with E-state index in [1.54, 1.807) is 0 Å². The Morgan fingerprint density at radius 1 is 1.08 bits per heavy atom. The van der Waals surface area contributed by atoms with Crippen LogP contribution in [0, 0.1) is 13.8 Å². The van der Waals surface area contributed by atoms with E-state index in [1.807, 2.05) is 55.1 Å². The van der Waals surface area contributed by atoms with Crippen molar-refractivity contribution < 1.29 is 5.11 Å². The summed E-state index contributed by atoms with van der Waals surface area (Å²) in [6.07, 6.45) is 3.74. The third-order valence-electron chi connectivity index (χ3n) is 4.90. The number of rotatable bonds is 5. The molecule has 2 aromatic carbocycles. The van der Waals surface area contributed by atoms with Crippen molar-refractivity contribution in [2.75, 3.05) is 0 Å². The molecule has 25 heavy (non-hydrogen) atoms. The highest BCUT2D eigenvalue weighted by atomic mass is 16.3. The van der Waals surface area contributed by atoms with Gasteiger partial charge in [0.15, 0.2) is 5.60 Å². The first-order chi connectivity index (χ1) is 12.0. The van der Waals surface area contributed by atoms with Gasteiger partial charge in [0.25, 0.3) is 0 Å². The summed E-state index contributed by atoms with van der Waals surface area (Å²) in [5.74, 6) is 0.997. The first-order valence-electron chi connectivity index (χ1n) is 8.85. The highest BCUT2D eigenvalue weighted by Gasteiger charge is 2.38. The second-order valence-electron chi connectivity index (χ2n) is 6.76. The minimum absolute atomic E-state index is 0.802. The molecule has 0 amide bonds. The summed E-state index contributed by atoms with van der Waals surface area (Å²) >= 11 is 0. The zero-order chi connectivity index (χ0) is 18.0. The molecule has 3 heteroatoms. The van der Waals surface area contributed by atoms with E-state index in [-0.39, 0.29) is 0 Å². The molecule has 1 atom stereocenters. The van der Waals surface area contributed by atoms with Gasteiger partial charge in [0.05, 0.1) is 11.9 Å². The number of nitrogens with zero attached hydrogens (tertiary/aromatic N) is 2. The van der Waals surface area contributed by atoms with Crippen LogP contribution >= 0.6 is 0 Å². The molecule has 0 spiro atoms. The lowest BCUT2D eigenvalue weighted by atomic mass is 9.81. The molecular weight excluding hydrogens is 308 g/mol. The van der Waals surface area contributed by atoms with Gasteiger partial charge in [-0.25, -0.2) is 4.98 Å². The molecule has 1 aromatic heterocycles. The summed E-state index contributed by atoms with van der Waals surface area (Å²) in [4.78, 5) is 4.58. The number of aryl methyl sites for hydroxylation is 3. The molecule has 3 aromatic rings. The molecule has 0 aliphatic heterocycles. The number of aliphatic hydroxyl groups is 1. The maximum absolute atomic E-state index is 12.0. The largest absolute Gasteiger partial charge is 0.374 e. The minimum Gasteiger partial charge on any atom is -0.374 e. The third-order valence-corrected chi connectivity index (χ3v) is 4.90. The molecule has 3 rings (SSSR count). The Balaban J connectivity index is 2.29. The summed E-state index contributed by atoms with van der Waals surface area (Å²) in [5.41, 5.74) is 3.53. The fraction of sp³-hybridized carbons (Fsp3) is 0.318. The van der Waals surface area contributed by atoms with E-state index >= 15 is 0 Å². The van der Waals surface area contributed by atoms with E-state index in [0.717, 1.165) is 46.6 Å². The van der Waals surface area contributed by atoms with Gasteiger partial charge in [0.1, 0.15) is 5.82 Å². The van der Waals surface area contributed by atoms with Crippen LogP contribution < -0.4 is 0 Å². The van der Waals surface area contributed by atoms with Crippen LogP contribution in [-0.4, -0.2) is 14.7 Å². The van der Waals surface area contributed by atoms with Crippen molar-refractivity contribution >= 4 is 0 Å². The van der Waals surface area contributed by atoms with Gasteiger partial charge in [-0.15, -0.1) is 0 Å². The molecule has 0 fully saturated rings. The Morgan fingerprint density at radius 2 is 1.80 bits per heavy atom. The predicted octanol–water partition coefficient (Wildman–Crippen LogP) is 4.27. The molecule has 130 valence electrons. The Kier molecular flexibility index (Phi) is 4.78. The van der Waals surface area contributed by atoms with Gasteiger partial charge < -0.3 is 9.67 Å². The minimum atomic E-state index is -1.23. The van der Waals surface area contributed by atoms with Crippen LogP contribution in [0.2, 0.25) is 0 Å². The highest BCUT2D eigenvalue weighted by molar-refractivity contribution is 5.49. The molecule has 3 nitrogen and oxygen atoms in total. The zero-order valence-electron chi connectivity index (χ0n) is 15.5. The topological polar surface area (TPSA) is 38.1 Å². The molecule has 1 heterocycles. The average Bonchev–Trinajstić information content (AvgIpc) is 2.99. The third kappa shape index (κ3) is 3.00. The van der Waals surface area contributed by atoms with Crippen LogP contribution in [0.3, 0.4) is 0 Å². The Bertz CT molecular complexity index is 867. The molecule has 0 aliphatic rings. The smallest absolute Gasteiger partial charge is 0.157 e. The van der Waals surface area contributed by atoms with E-state index in [9.17, 15) is 5.11 Å². The zero-order valence-corrected chi connectivity index (χ0v) is 15.5. The van der Waals surface area contributed by atoms with Crippen molar-refractivity contribution in [3.63, 3.8) is 0 Å². The van der Waals surface area contributed by atoms with Crippen LogP contribution in [0.25, 0.3) is 0 Å². The SMILES string of the molecule is CCCc1ncc([C@](O)(c2ccccc2)c2cc(C)ccc2C)n1C. The number of benzene rings is 2. The summed E-state index contributed by atoms with van der Waals surface area (Å²) in [5, 5.41) is 12.0. The highest BCUT2D eigenvalue weighted by Crippen LogP contribution is 2.38. The van der Waals surface area contributed by atoms with E-state index in [1.165, 1.54) is 0 Å². The van der Waals surface area contributed by atoms with Gasteiger partial charge in [-0.3, -0.25) is 0 Å². The van der Waals surface area contributed by atoms with Crippen molar-refractivity contribution in [2.24, 2.45) is 7.05 Å². The molecule has 0 aliphatic carbocycles. The maximum atomic E-state index is 12.0. The average molecular weight is 334 g/mol. The lowest BCUT2D eigenvalue weighted by Gasteiger charge is -2.31. The molecule has 0 radical (unpaired) electrons. The molecular formula is C22H26N2O. The summed E-state index contributed by atoms with van der Waals surface area (Å²) in [6.45, 7) is 6.24. The lowest BCUT2D eigenvalue weighted by molar-refractivity contribution is 0.116.